The first-order chi connectivity index (χ1) is 7.26. The van der Waals surface area contributed by atoms with Gasteiger partial charge in [0.2, 0.25) is 0 Å². The van der Waals surface area contributed by atoms with Crippen LogP contribution >= 0.6 is 11.8 Å². The Morgan fingerprint density at radius 1 is 1.40 bits per heavy atom. The SMILES string of the molecule is C=Cc1ccc(CSC(=O)CCC)cc1. The summed E-state index contributed by atoms with van der Waals surface area (Å²) in [6, 6.07) is 8.13. The Hall–Kier alpha value is -1.02. The number of carbonyl (C=O) groups excluding carboxylic acids is 1. The van der Waals surface area contributed by atoms with E-state index < -0.39 is 0 Å². The van der Waals surface area contributed by atoms with Crippen LogP contribution in [0.4, 0.5) is 0 Å². The molecule has 2 heteroatoms. The quantitative estimate of drug-likeness (QED) is 0.749. The van der Waals surface area contributed by atoms with Crippen molar-refractivity contribution in [1.29, 1.82) is 0 Å². The van der Waals surface area contributed by atoms with Crippen LogP contribution in [0.3, 0.4) is 0 Å². The zero-order chi connectivity index (χ0) is 11.1. The summed E-state index contributed by atoms with van der Waals surface area (Å²) in [4.78, 5) is 11.3. The van der Waals surface area contributed by atoms with Crippen LogP contribution in [0.2, 0.25) is 0 Å². The second-order valence-corrected chi connectivity index (χ2v) is 4.39. The number of rotatable bonds is 5. The summed E-state index contributed by atoms with van der Waals surface area (Å²) < 4.78 is 0. The summed E-state index contributed by atoms with van der Waals surface area (Å²) >= 11 is 1.40. The topological polar surface area (TPSA) is 17.1 Å². The first kappa shape index (κ1) is 12.1. The number of benzene rings is 1. The number of thioether (sulfide) groups is 1. The summed E-state index contributed by atoms with van der Waals surface area (Å²) in [7, 11) is 0. The van der Waals surface area contributed by atoms with Crippen molar-refractivity contribution in [3.63, 3.8) is 0 Å². The molecule has 0 aliphatic carbocycles. The molecule has 0 radical (unpaired) electrons. The standard InChI is InChI=1S/C13H16OS/c1-3-5-13(14)15-10-12-8-6-11(4-2)7-9-12/h4,6-9H,2-3,5,10H2,1H3. The maximum Gasteiger partial charge on any atom is 0.189 e. The Labute approximate surface area is 95.6 Å². The summed E-state index contributed by atoms with van der Waals surface area (Å²) in [5.74, 6) is 0.774. The van der Waals surface area contributed by atoms with Gasteiger partial charge in [-0.3, -0.25) is 4.79 Å². The Bertz CT molecular complexity index is 327. The molecule has 1 nitrogen and oxygen atoms in total. The van der Waals surface area contributed by atoms with Crippen molar-refractivity contribution in [2.45, 2.75) is 25.5 Å². The molecular formula is C13H16OS. The highest BCUT2D eigenvalue weighted by Crippen LogP contribution is 2.16. The van der Waals surface area contributed by atoms with Crippen molar-refractivity contribution in [2.75, 3.05) is 0 Å². The van der Waals surface area contributed by atoms with Gasteiger partial charge in [-0.05, 0) is 17.5 Å². The molecule has 80 valence electrons. The highest BCUT2D eigenvalue weighted by atomic mass is 32.2. The predicted molar refractivity (Wildman–Crippen MR) is 67.7 cm³/mol. The molecule has 1 rings (SSSR count). The summed E-state index contributed by atoms with van der Waals surface area (Å²) in [6.07, 6.45) is 3.43. The highest BCUT2D eigenvalue weighted by Gasteiger charge is 2.01. The van der Waals surface area contributed by atoms with Crippen LogP contribution in [0.25, 0.3) is 6.08 Å². The third-order valence-electron chi connectivity index (χ3n) is 2.07. The maximum absolute atomic E-state index is 11.3. The molecule has 0 bridgehead atoms. The lowest BCUT2D eigenvalue weighted by molar-refractivity contribution is -0.111. The monoisotopic (exact) mass is 220 g/mol. The van der Waals surface area contributed by atoms with Gasteiger partial charge in [-0.1, -0.05) is 55.6 Å². The fourth-order valence-corrected chi connectivity index (χ4v) is 2.06. The molecule has 0 saturated heterocycles. The second-order valence-electron chi connectivity index (χ2n) is 3.36. The normalized spacial score (nSPS) is 9.93. The van der Waals surface area contributed by atoms with Crippen molar-refractivity contribution in [3.05, 3.63) is 42.0 Å². The van der Waals surface area contributed by atoms with Crippen molar-refractivity contribution in [3.8, 4) is 0 Å². The molecule has 0 atom stereocenters. The molecule has 0 heterocycles. The van der Waals surface area contributed by atoms with Crippen molar-refractivity contribution in [1.82, 2.24) is 0 Å². The summed E-state index contributed by atoms with van der Waals surface area (Å²) in [6.45, 7) is 5.72. The van der Waals surface area contributed by atoms with Gasteiger partial charge in [0.05, 0.1) is 0 Å². The minimum atomic E-state index is 0.283. The Morgan fingerprint density at radius 3 is 2.60 bits per heavy atom. The van der Waals surface area contributed by atoms with E-state index in [0.29, 0.717) is 6.42 Å². The molecule has 0 aliphatic heterocycles. The molecule has 0 amide bonds. The van der Waals surface area contributed by atoms with Gasteiger partial charge in [-0.25, -0.2) is 0 Å². The van der Waals surface area contributed by atoms with E-state index in [1.54, 1.807) is 0 Å². The molecule has 0 unspecified atom stereocenters. The molecule has 15 heavy (non-hydrogen) atoms. The minimum absolute atomic E-state index is 0.283. The van der Waals surface area contributed by atoms with Crippen molar-refractivity contribution in [2.24, 2.45) is 0 Å². The van der Waals surface area contributed by atoms with Crippen LogP contribution in [0.15, 0.2) is 30.8 Å². The molecular weight excluding hydrogens is 204 g/mol. The van der Waals surface area contributed by atoms with E-state index in [1.807, 2.05) is 37.3 Å². The molecule has 0 spiro atoms. The van der Waals surface area contributed by atoms with Crippen LogP contribution in [0, 0.1) is 0 Å². The summed E-state index contributed by atoms with van der Waals surface area (Å²) in [5, 5.41) is 0.283. The lowest BCUT2D eigenvalue weighted by atomic mass is 10.1. The predicted octanol–water partition coefficient (Wildman–Crippen LogP) is 3.89. The van der Waals surface area contributed by atoms with E-state index in [1.165, 1.54) is 17.3 Å². The average Bonchev–Trinajstić information content (AvgIpc) is 2.27. The van der Waals surface area contributed by atoms with Crippen LogP contribution in [0.5, 0.6) is 0 Å². The maximum atomic E-state index is 11.3. The fourth-order valence-electron chi connectivity index (χ4n) is 1.19. The fraction of sp³-hybridized carbons (Fsp3) is 0.308. The van der Waals surface area contributed by atoms with E-state index >= 15 is 0 Å². The van der Waals surface area contributed by atoms with Crippen LogP contribution in [0.1, 0.15) is 30.9 Å². The molecule has 1 aromatic carbocycles. The van der Waals surface area contributed by atoms with Gasteiger partial charge in [0.25, 0.3) is 0 Å². The van der Waals surface area contributed by atoms with E-state index in [-0.39, 0.29) is 5.12 Å². The molecule has 1 aromatic rings. The second kappa shape index (κ2) is 6.46. The Kier molecular flexibility index (Phi) is 5.19. The average molecular weight is 220 g/mol. The smallest absolute Gasteiger partial charge is 0.189 e. The van der Waals surface area contributed by atoms with Gasteiger partial charge in [0.15, 0.2) is 5.12 Å². The lowest BCUT2D eigenvalue weighted by Crippen LogP contribution is -1.91. The van der Waals surface area contributed by atoms with Gasteiger partial charge < -0.3 is 0 Å². The van der Waals surface area contributed by atoms with Crippen LogP contribution in [-0.4, -0.2) is 5.12 Å². The first-order valence-electron chi connectivity index (χ1n) is 5.13. The van der Waals surface area contributed by atoms with Gasteiger partial charge in [0, 0.05) is 12.2 Å². The molecule has 0 saturated carbocycles. The minimum Gasteiger partial charge on any atom is -0.287 e. The van der Waals surface area contributed by atoms with Gasteiger partial charge in [0.1, 0.15) is 0 Å². The third-order valence-corrected chi connectivity index (χ3v) is 3.07. The van der Waals surface area contributed by atoms with Crippen molar-refractivity contribution >= 4 is 23.0 Å². The molecule has 0 N–H and O–H groups in total. The van der Waals surface area contributed by atoms with Gasteiger partial charge >= 0.3 is 0 Å². The first-order valence-corrected chi connectivity index (χ1v) is 6.12. The van der Waals surface area contributed by atoms with Crippen LogP contribution in [-0.2, 0) is 10.5 Å². The molecule has 0 aromatic heterocycles. The number of hydrogen-bond acceptors (Lipinski definition) is 2. The largest absolute Gasteiger partial charge is 0.287 e. The van der Waals surface area contributed by atoms with E-state index in [4.69, 9.17) is 0 Å². The zero-order valence-electron chi connectivity index (χ0n) is 9.03. The third kappa shape index (κ3) is 4.34. The van der Waals surface area contributed by atoms with Crippen LogP contribution < -0.4 is 0 Å². The molecule has 0 aliphatic rings. The Morgan fingerprint density at radius 2 is 2.07 bits per heavy atom. The highest BCUT2D eigenvalue weighted by molar-refractivity contribution is 8.12. The molecule has 0 fully saturated rings. The van der Waals surface area contributed by atoms with E-state index in [9.17, 15) is 4.79 Å². The summed E-state index contributed by atoms with van der Waals surface area (Å²) in [5.41, 5.74) is 2.30. The zero-order valence-corrected chi connectivity index (χ0v) is 9.85. The number of hydrogen-bond donors (Lipinski definition) is 0. The van der Waals surface area contributed by atoms with Gasteiger partial charge in [-0.2, -0.15) is 0 Å². The lowest BCUT2D eigenvalue weighted by Gasteiger charge is -2.01. The van der Waals surface area contributed by atoms with Gasteiger partial charge in [-0.15, -0.1) is 0 Å². The van der Waals surface area contributed by atoms with E-state index in [0.717, 1.165) is 17.7 Å². The Balaban J connectivity index is 2.44. The number of carbonyl (C=O) groups is 1. The van der Waals surface area contributed by atoms with E-state index in [2.05, 4.69) is 6.58 Å². The van der Waals surface area contributed by atoms with Crippen molar-refractivity contribution < 1.29 is 4.79 Å².